The third-order valence-electron chi connectivity index (χ3n) is 7.87. The average molecular weight is 613 g/mol. The summed E-state index contributed by atoms with van der Waals surface area (Å²) >= 11 is 9.60. The van der Waals surface area contributed by atoms with Crippen molar-refractivity contribution >= 4 is 50.3 Å². The summed E-state index contributed by atoms with van der Waals surface area (Å²) in [6.45, 7) is 13.6. The summed E-state index contributed by atoms with van der Waals surface area (Å²) in [5, 5.41) is 0.852. The number of ether oxygens (including phenoxy) is 2. The molecule has 38 heavy (non-hydrogen) atoms. The molecule has 0 saturated carbocycles. The lowest BCUT2D eigenvalue weighted by Crippen LogP contribution is -2.62. The van der Waals surface area contributed by atoms with E-state index in [-0.39, 0.29) is 38.6 Å². The Balaban J connectivity index is 1.34. The second-order valence-electron chi connectivity index (χ2n) is 11.8. The zero-order valence-electron chi connectivity index (χ0n) is 22.5. The fourth-order valence-electron chi connectivity index (χ4n) is 5.65. The van der Waals surface area contributed by atoms with Crippen molar-refractivity contribution < 1.29 is 18.7 Å². The van der Waals surface area contributed by atoms with E-state index in [1.54, 1.807) is 11.0 Å². The van der Waals surface area contributed by atoms with Crippen molar-refractivity contribution in [3.63, 3.8) is 0 Å². The second kappa shape index (κ2) is 10.6. The normalized spacial score (nSPS) is 20.6. The van der Waals surface area contributed by atoms with Crippen LogP contribution >= 0.6 is 27.5 Å². The van der Waals surface area contributed by atoms with E-state index in [1.807, 2.05) is 20.8 Å². The van der Waals surface area contributed by atoms with Gasteiger partial charge in [0.25, 0.3) is 0 Å². The van der Waals surface area contributed by atoms with E-state index >= 15 is 4.39 Å². The van der Waals surface area contributed by atoms with Crippen molar-refractivity contribution in [3.8, 4) is 6.01 Å². The van der Waals surface area contributed by atoms with Gasteiger partial charge < -0.3 is 24.2 Å². The van der Waals surface area contributed by atoms with Crippen LogP contribution in [0.25, 0.3) is 10.9 Å². The van der Waals surface area contributed by atoms with Crippen LogP contribution in [0.3, 0.4) is 0 Å². The zero-order chi connectivity index (χ0) is 27.2. The van der Waals surface area contributed by atoms with Gasteiger partial charge in [-0.25, -0.2) is 9.18 Å². The van der Waals surface area contributed by atoms with Gasteiger partial charge in [0.05, 0.1) is 9.50 Å². The van der Waals surface area contributed by atoms with Crippen molar-refractivity contribution in [2.24, 2.45) is 5.41 Å². The Morgan fingerprint density at radius 1 is 1.18 bits per heavy atom. The molecular weight excluding hydrogens is 577 g/mol. The molecule has 0 atom stereocenters. The van der Waals surface area contributed by atoms with Crippen molar-refractivity contribution in [1.29, 1.82) is 0 Å². The molecule has 1 aromatic carbocycles. The van der Waals surface area contributed by atoms with E-state index in [0.29, 0.717) is 24.3 Å². The van der Waals surface area contributed by atoms with Gasteiger partial charge in [-0.15, -0.1) is 0 Å². The number of carbonyl (C=O) groups is 1. The van der Waals surface area contributed by atoms with Gasteiger partial charge in [-0.2, -0.15) is 9.97 Å². The third-order valence-corrected chi connectivity index (χ3v) is 9.17. The van der Waals surface area contributed by atoms with E-state index in [4.69, 9.17) is 26.1 Å². The number of likely N-dealkylation sites (tertiary alicyclic amines) is 2. The van der Waals surface area contributed by atoms with Gasteiger partial charge in [0.2, 0.25) is 0 Å². The average Bonchev–Trinajstić information content (AvgIpc) is 2.85. The standard InChI is InChI=1S/C27H36BrClFN5O3/c1-5-33-10-6-17(7-11-33)37-24-31-22-18(14-19(29)20(28)21(22)30)23(32-24)34-12-8-27(9-13-34)15-35(16-27)25(36)38-26(2,3)4/h14,17H,5-13,15-16H2,1-4H3. The molecule has 3 fully saturated rings. The maximum absolute atomic E-state index is 15.3. The molecule has 3 saturated heterocycles. The van der Waals surface area contributed by atoms with E-state index in [2.05, 4.69) is 37.6 Å². The predicted octanol–water partition coefficient (Wildman–Crippen LogP) is 5.89. The summed E-state index contributed by atoms with van der Waals surface area (Å²) in [6, 6.07) is 1.93. The highest BCUT2D eigenvalue weighted by Gasteiger charge is 2.48. The molecule has 0 N–H and O–H groups in total. The Labute approximate surface area is 236 Å². The Morgan fingerprint density at radius 2 is 1.84 bits per heavy atom. The number of anilines is 1. The number of benzene rings is 1. The van der Waals surface area contributed by atoms with Crippen molar-refractivity contribution in [2.45, 2.75) is 65.1 Å². The van der Waals surface area contributed by atoms with E-state index in [9.17, 15) is 4.79 Å². The minimum Gasteiger partial charge on any atom is -0.460 e. The maximum atomic E-state index is 15.3. The van der Waals surface area contributed by atoms with E-state index in [1.165, 1.54) is 0 Å². The molecular formula is C27H36BrClFN5O3. The first-order valence-electron chi connectivity index (χ1n) is 13.4. The van der Waals surface area contributed by atoms with Crippen LogP contribution in [-0.2, 0) is 4.74 Å². The topological polar surface area (TPSA) is 71.0 Å². The van der Waals surface area contributed by atoms with Crippen molar-refractivity contribution in [1.82, 2.24) is 19.8 Å². The predicted molar refractivity (Wildman–Crippen MR) is 150 cm³/mol. The molecule has 0 unspecified atom stereocenters. The molecule has 4 heterocycles. The fraction of sp³-hybridized carbons (Fsp3) is 0.667. The minimum absolute atomic E-state index is 0.000316. The molecule has 2 aromatic rings. The summed E-state index contributed by atoms with van der Waals surface area (Å²) in [7, 11) is 0. The largest absolute Gasteiger partial charge is 0.460 e. The highest BCUT2D eigenvalue weighted by molar-refractivity contribution is 9.10. The number of nitrogens with zero attached hydrogens (tertiary/aromatic N) is 5. The molecule has 1 spiro atoms. The Hall–Kier alpha value is -1.91. The molecule has 1 aromatic heterocycles. The van der Waals surface area contributed by atoms with Crippen LogP contribution in [0.5, 0.6) is 6.01 Å². The van der Waals surface area contributed by atoms with Crippen LogP contribution < -0.4 is 9.64 Å². The maximum Gasteiger partial charge on any atom is 0.410 e. The number of carbonyl (C=O) groups excluding carboxylic acids is 1. The lowest BCUT2D eigenvalue weighted by atomic mass is 9.72. The van der Waals surface area contributed by atoms with Gasteiger partial charge in [0.1, 0.15) is 23.0 Å². The second-order valence-corrected chi connectivity index (χ2v) is 13.0. The van der Waals surface area contributed by atoms with Gasteiger partial charge in [-0.05, 0) is 75.0 Å². The van der Waals surface area contributed by atoms with Gasteiger partial charge in [0.15, 0.2) is 5.82 Å². The number of hydrogen-bond acceptors (Lipinski definition) is 7. The molecule has 1 amide bonds. The number of amides is 1. The van der Waals surface area contributed by atoms with Gasteiger partial charge in [-0.1, -0.05) is 18.5 Å². The lowest BCUT2D eigenvalue weighted by molar-refractivity contribution is -0.0434. The van der Waals surface area contributed by atoms with Crippen LogP contribution in [-0.4, -0.2) is 83.4 Å². The number of piperidine rings is 2. The smallest absolute Gasteiger partial charge is 0.410 e. The summed E-state index contributed by atoms with van der Waals surface area (Å²) in [5.41, 5.74) is -0.225. The highest BCUT2D eigenvalue weighted by Crippen LogP contribution is 2.43. The molecule has 0 aliphatic carbocycles. The van der Waals surface area contributed by atoms with E-state index in [0.717, 1.165) is 58.4 Å². The molecule has 0 radical (unpaired) electrons. The SMILES string of the molecule is CCN1CCC(Oc2nc(N3CCC4(CC3)CN(C(=O)OC(C)(C)C)C4)c3cc(Cl)c(Br)c(F)c3n2)CC1. The van der Waals surface area contributed by atoms with Gasteiger partial charge >= 0.3 is 12.1 Å². The van der Waals surface area contributed by atoms with Crippen LogP contribution in [0.15, 0.2) is 10.5 Å². The first-order chi connectivity index (χ1) is 18.0. The molecule has 11 heteroatoms. The molecule has 208 valence electrons. The summed E-state index contributed by atoms with van der Waals surface area (Å²) in [4.78, 5) is 28.1. The monoisotopic (exact) mass is 611 g/mol. The quantitative estimate of drug-likeness (QED) is 0.399. The fourth-order valence-corrected chi connectivity index (χ4v) is 6.15. The summed E-state index contributed by atoms with van der Waals surface area (Å²) in [5.74, 6) is 0.129. The van der Waals surface area contributed by atoms with Gasteiger partial charge in [0, 0.05) is 50.1 Å². The molecule has 5 rings (SSSR count). The number of fused-ring (bicyclic) bond motifs is 1. The van der Waals surface area contributed by atoms with Crippen LogP contribution in [0.1, 0.15) is 53.4 Å². The van der Waals surface area contributed by atoms with E-state index < -0.39 is 11.4 Å². The van der Waals surface area contributed by atoms with Crippen molar-refractivity contribution in [2.75, 3.05) is 50.7 Å². The summed E-state index contributed by atoms with van der Waals surface area (Å²) < 4.78 is 27.3. The number of aromatic nitrogens is 2. The van der Waals surface area contributed by atoms with Crippen LogP contribution in [0, 0.1) is 11.2 Å². The number of rotatable bonds is 4. The first kappa shape index (κ1) is 27.6. The minimum atomic E-state index is -0.512. The van der Waals surface area contributed by atoms with Crippen LogP contribution in [0.2, 0.25) is 5.02 Å². The zero-order valence-corrected chi connectivity index (χ0v) is 24.9. The number of hydrogen-bond donors (Lipinski definition) is 0. The van der Waals surface area contributed by atoms with Crippen LogP contribution in [0.4, 0.5) is 15.0 Å². The highest BCUT2D eigenvalue weighted by atomic mass is 79.9. The molecule has 0 bridgehead atoms. The Morgan fingerprint density at radius 3 is 2.45 bits per heavy atom. The molecule has 8 nitrogen and oxygen atoms in total. The number of halogens is 3. The summed E-state index contributed by atoms with van der Waals surface area (Å²) in [6.07, 6.45) is 3.32. The Kier molecular flexibility index (Phi) is 7.70. The first-order valence-corrected chi connectivity index (χ1v) is 14.6. The molecule has 3 aliphatic heterocycles. The van der Waals surface area contributed by atoms with Crippen molar-refractivity contribution in [3.05, 3.63) is 21.4 Å². The molecule has 3 aliphatic rings. The third kappa shape index (κ3) is 5.68. The van der Waals surface area contributed by atoms with Gasteiger partial charge in [-0.3, -0.25) is 0 Å². The lowest BCUT2D eigenvalue weighted by Gasteiger charge is -2.53. The Bertz CT molecular complexity index is 1200.